The summed E-state index contributed by atoms with van der Waals surface area (Å²) < 4.78 is 10.6. The van der Waals surface area contributed by atoms with Crippen LogP contribution in [0.15, 0.2) is 28.2 Å². The molecule has 0 saturated heterocycles. The van der Waals surface area contributed by atoms with E-state index in [1.807, 2.05) is 12.3 Å². The van der Waals surface area contributed by atoms with Crippen LogP contribution in [-0.2, 0) is 9.47 Å². The van der Waals surface area contributed by atoms with Crippen LogP contribution in [-0.4, -0.2) is 19.0 Å². The van der Waals surface area contributed by atoms with E-state index < -0.39 is 0 Å². The average molecular weight is 149 g/mol. The number of ether oxygens (including phenoxy) is 2. The van der Waals surface area contributed by atoms with Gasteiger partial charge in [0.25, 0.3) is 0 Å². The zero-order valence-corrected chi connectivity index (χ0v) is 5.91. The number of allylic oxidation sites excluding steroid dienone is 2. The molecule has 0 aromatic rings. The predicted molar refractivity (Wildman–Crippen MR) is 39.0 cm³/mol. The Morgan fingerprint density at radius 2 is 2.45 bits per heavy atom. The fraction of sp³-hybridized carbons (Fsp3) is 0.375. The molecule has 0 amide bonds. The van der Waals surface area contributed by atoms with Gasteiger partial charge in [-0.15, -0.1) is 0 Å². The van der Waals surface area contributed by atoms with Crippen molar-refractivity contribution in [2.75, 3.05) is 6.79 Å². The number of fused-ring (bicyclic) bond motifs is 4. The first-order valence-corrected chi connectivity index (χ1v) is 3.67. The standard InChI is InChI=1S/C8H7NO2/c1-2-9-6-3-5(1)7-8(6)11-4-10-7/h1-2,6H,3-4H2. The van der Waals surface area contributed by atoms with Crippen LogP contribution in [0.4, 0.5) is 0 Å². The largest absolute Gasteiger partial charge is 0.456 e. The molecule has 0 N–H and O–H groups in total. The van der Waals surface area contributed by atoms with E-state index in [9.17, 15) is 0 Å². The molecule has 3 nitrogen and oxygen atoms in total. The first kappa shape index (κ1) is 5.41. The highest BCUT2D eigenvalue weighted by atomic mass is 16.7. The van der Waals surface area contributed by atoms with E-state index in [-0.39, 0.29) is 6.04 Å². The lowest BCUT2D eigenvalue weighted by Crippen LogP contribution is -2.08. The van der Waals surface area contributed by atoms with Crippen LogP contribution >= 0.6 is 0 Å². The second kappa shape index (κ2) is 1.67. The van der Waals surface area contributed by atoms with Gasteiger partial charge in [0.05, 0.1) is 0 Å². The van der Waals surface area contributed by atoms with Crippen LogP contribution in [0, 0.1) is 0 Å². The van der Waals surface area contributed by atoms with Crippen molar-refractivity contribution in [2.45, 2.75) is 12.5 Å². The van der Waals surface area contributed by atoms with Gasteiger partial charge in [-0.3, -0.25) is 4.99 Å². The summed E-state index contributed by atoms with van der Waals surface area (Å²) in [5.41, 5.74) is 1.23. The van der Waals surface area contributed by atoms with Crippen LogP contribution in [0.2, 0.25) is 0 Å². The zero-order chi connectivity index (χ0) is 7.26. The third-order valence-electron chi connectivity index (χ3n) is 2.19. The summed E-state index contributed by atoms with van der Waals surface area (Å²) in [6, 6.07) is 0.215. The lowest BCUT2D eigenvalue weighted by molar-refractivity contribution is 0.0643. The second-order valence-electron chi connectivity index (χ2n) is 2.81. The van der Waals surface area contributed by atoms with Gasteiger partial charge in [0.1, 0.15) is 6.04 Å². The van der Waals surface area contributed by atoms with Crippen molar-refractivity contribution < 1.29 is 9.47 Å². The maximum absolute atomic E-state index is 5.30. The van der Waals surface area contributed by atoms with E-state index >= 15 is 0 Å². The first-order valence-electron chi connectivity index (χ1n) is 3.67. The van der Waals surface area contributed by atoms with Crippen molar-refractivity contribution in [3.63, 3.8) is 0 Å². The summed E-state index contributed by atoms with van der Waals surface area (Å²) in [5.74, 6) is 1.87. The molecule has 0 spiro atoms. The summed E-state index contributed by atoms with van der Waals surface area (Å²) in [6.07, 6.45) is 4.78. The Balaban J connectivity index is 2.16. The number of hydrogen-bond donors (Lipinski definition) is 0. The highest BCUT2D eigenvalue weighted by molar-refractivity contribution is 5.77. The summed E-state index contributed by atoms with van der Waals surface area (Å²) in [4.78, 5) is 4.27. The highest BCUT2D eigenvalue weighted by Crippen LogP contribution is 2.39. The Morgan fingerprint density at radius 1 is 1.45 bits per heavy atom. The Hall–Kier alpha value is -1.25. The van der Waals surface area contributed by atoms with E-state index in [0.717, 1.165) is 17.9 Å². The maximum Gasteiger partial charge on any atom is 0.230 e. The Labute approximate surface area is 64.0 Å². The smallest absolute Gasteiger partial charge is 0.230 e. The van der Waals surface area contributed by atoms with E-state index in [4.69, 9.17) is 9.47 Å². The molecule has 56 valence electrons. The molecule has 0 fully saturated rings. The molecule has 1 aliphatic carbocycles. The molecule has 0 aromatic carbocycles. The normalized spacial score (nSPS) is 31.3. The van der Waals surface area contributed by atoms with Gasteiger partial charge in [-0.25, -0.2) is 0 Å². The first-order chi connectivity index (χ1) is 5.45. The van der Waals surface area contributed by atoms with Crippen LogP contribution in [0.3, 0.4) is 0 Å². The number of aliphatic imine (C=N–C) groups is 1. The molecule has 0 saturated carbocycles. The third-order valence-corrected chi connectivity index (χ3v) is 2.19. The minimum absolute atomic E-state index is 0.215. The summed E-state index contributed by atoms with van der Waals surface area (Å²) in [6.45, 7) is 0.369. The van der Waals surface area contributed by atoms with Crippen molar-refractivity contribution in [2.24, 2.45) is 4.99 Å². The Bertz CT molecular complexity index is 301. The second-order valence-corrected chi connectivity index (χ2v) is 2.81. The molecule has 2 bridgehead atoms. The molecule has 3 aliphatic rings. The molecule has 0 aromatic heterocycles. The van der Waals surface area contributed by atoms with Crippen molar-refractivity contribution >= 4 is 6.21 Å². The van der Waals surface area contributed by atoms with Gasteiger partial charge < -0.3 is 9.47 Å². The van der Waals surface area contributed by atoms with Gasteiger partial charge in [0.2, 0.25) is 6.79 Å². The Morgan fingerprint density at radius 3 is 3.45 bits per heavy atom. The van der Waals surface area contributed by atoms with Crippen molar-refractivity contribution in [3.8, 4) is 0 Å². The van der Waals surface area contributed by atoms with Gasteiger partial charge in [-0.05, 0) is 6.08 Å². The van der Waals surface area contributed by atoms with Gasteiger partial charge in [0.15, 0.2) is 11.5 Å². The van der Waals surface area contributed by atoms with E-state index in [0.29, 0.717) is 6.79 Å². The minimum atomic E-state index is 0.215. The fourth-order valence-electron chi connectivity index (χ4n) is 1.68. The van der Waals surface area contributed by atoms with Crippen molar-refractivity contribution in [1.82, 2.24) is 0 Å². The fourth-order valence-corrected chi connectivity index (χ4v) is 1.68. The summed E-state index contributed by atoms with van der Waals surface area (Å²) >= 11 is 0. The van der Waals surface area contributed by atoms with E-state index in [2.05, 4.69) is 4.99 Å². The topological polar surface area (TPSA) is 30.8 Å². The van der Waals surface area contributed by atoms with Crippen LogP contribution in [0.5, 0.6) is 0 Å². The molecule has 3 rings (SSSR count). The molecular weight excluding hydrogens is 142 g/mol. The van der Waals surface area contributed by atoms with Gasteiger partial charge in [-0.2, -0.15) is 0 Å². The zero-order valence-electron chi connectivity index (χ0n) is 5.91. The Kier molecular flexibility index (Phi) is 0.820. The molecule has 2 aliphatic heterocycles. The van der Waals surface area contributed by atoms with Crippen molar-refractivity contribution in [1.29, 1.82) is 0 Å². The molecular formula is C8H7NO2. The van der Waals surface area contributed by atoms with Gasteiger partial charge in [0, 0.05) is 18.2 Å². The predicted octanol–water partition coefficient (Wildman–Crippen LogP) is 0.985. The SMILES string of the molecule is C1=NC2CC(=C1)C1=C2OCO1. The van der Waals surface area contributed by atoms with Crippen LogP contribution in [0.1, 0.15) is 6.42 Å². The number of dihydropyridines is 1. The number of nitrogens with zero attached hydrogens (tertiary/aromatic N) is 1. The number of hydrogen-bond acceptors (Lipinski definition) is 3. The van der Waals surface area contributed by atoms with Crippen molar-refractivity contribution in [3.05, 3.63) is 23.2 Å². The maximum atomic E-state index is 5.30. The molecule has 1 unspecified atom stereocenters. The van der Waals surface area contributed by atoms with Gasteiger partial charge in [-0.1, -0.05) is 0 Å². The molecule has 3 heteroatoms. The number of rotatable bonds is 0. The molecule has 11 heavy (non-hydrogen) atoms. The van der Waals surface area contributed by atoms with E-state index in [1.165, 1.54) is 5.57 Å². The monoisotopic (exact) mass is 149 g/mol. The lowest BCUT2D eigenvalue weighted by atomic mass is 10.1. The average Bonchev–Trinajstić information content (AvgIpc) is 2.58. The minimum Gasteiger partial charge on any atom is -0.456 e. The lowest BCUT2D eigenvalue weighted by Gasteiger charge is -2.10. The van der Waals surface area contributed by atoms with Gasteiger partial charge >= 0.3 is 0 Å². The summed E-state index contributed by atoms with van der Waals surface area (Å²) in [5, 5.41) is 0. The molecule has 0 radical (unpaired) electrons. The van der Waals surface area contributed by atoms with Crippen LogP contribution in [0.25, 0.3) is 0 Å². The summed E-state index contributed by atoms with van der Waals surface area (Å²) in [7, 11) is 0. The quantitative estimate of drug-likeness (QED) is 0.514. The molecule has 2 heterocycles. The van der Waals surface area contributed by atoms with E-state index in [1.54, 1.807) is 0 Å². The highest BCUT2D eigenvalue weighted by Gasteiger charge is 2.36. The molecule has 1 atom stereocenters. The van der Waals surface area contributed by atoms with Crippen LogP contribution < -0.4 is 0 Å². The third kappa shape index (κ3) is 0.557.